The highest BCUT2D eigenvalue weighted by molar-refractivity contribution is 5.78. The number of aromatic nitrogens is 2. The Labute approximate surface area is 113 Å². The minimum Gasteiger partial charge on any atom is -0.378 e. The van der Waals surface area contributed by atoms with Crippen LogP contribution in [0.1, 0.15) is 19.8 Å². The molecular formula is C15H21N3O. The Hall–Kier alpha value is -1.55. The monoisotopic (exact) mass is 259 g/mol. The van der Waals surface area contributed by atoms with Crippen LogP contribution in [0.4, 0.5) is 5.95 Å². The third-order valence-electron chi connectivity index (χ3n) is 4.06. The third kappa shape index (κ3) is 2.32. The van der Waals surface area contributed by atoms with Crippen LogP contribution in [0.2, 0.25) is 0 Å². The smallest absolute Gasteiger partial charge is 0.203 e. The van der Waals surface area contributed by atoms with E-state index in [9.17, 15) is 0 Å². The molecule has 3 rings (SSSR count). The maximum Gasteiger partial charge on any atom is 0.203 e. The zero-order valence-electron chi connectivity index (χ0n) is 11.6. The molecule has 0 bridgehead atoms. The van der Waals surface area contributed by atoms with Gasteiger partial charge in [0.2, 0.25) is 5.95 Å². The van der Waals surface area contributed by atoms with Gasteiger partial charge in [0.15, 0.2) is 0 Å². The van der Waals surface area contributed by atoms with Gasteiger partial charge in [0, 0.05) is 26.1 Å². The van der Waals surface area contributed by atoms with Gasteiger partial charge >= 0.3 is 0 Å². The summed E-state index contributed by atoms with van der Waals surface area (Å²) in [5.41, 5.74) is 2.21. The lowest BCUT2D eigenvalue weighted by Gasteiger charge is -2.17. The Morgan fingerprint density at radius 2 is 2.26 bits per heavy atom. The van der Waals surface area contributed by atoms with Crippen LogP contribution in [0.5, 0.6) is 0 Å². The van der Waals surface area contributed by atoms with Gasteiger partial charge in [-0.1, -0.05) is 19.1 Å². The fourth-order valence-corrected chi connectivity index (χ4v) is 2.90. The summed E-state index contributed by atoms with van der Waals surface area (Å²) in [6.07, 6.45) is 2.65. The second kappa shape index (κ2) is 5.21. The molecule has 102 valence electrons. The molecule has 1 aliphatic rings. The van der Waals surface area contributed by atoms with Crippen molar-refractivity contribution in [3.63, 3.8) is 0 Å². The molecule has 1 saturated heterocycles. The second-order valence-electron chi connectivity index (χ2n) is 5.23. The van der Waals surface area contributed by atoms with Crippen LogP contribution in [0, 0.1) is 5.92 Å². The average Bonchev–Trinajstić information content (AvgIpc) is 3.01. The topological polar surface area (TPSA) is 39.1 Å². The quantitative estimate of drug-likeness (QED) is 0.917. The second-order valence-corrected chi connectivity index (χ2v) is 5.23. The van der Waals surface area contributed by atoms with Crippen molar-refractivity contribution in [1.82, 2.24) is 9.55 Å². The Morgan fingerprint density at radius 1 is 1.42 bits per heavy atom. The number of imidazole rings is 1. The van der Waals surface area contributed by atoms with Gasteiger partial charge in [-0.2, -0.15) is 0 Å². The molecule has 4 nitrogen and oxygen atoms in total. The summed E-state index contributed by atoms with van der Waals surface area (Å²) in [6, 6.07) is 8.22. The molecule has 19 heavy (non-hydrogen) atoms. The predicted octanol–water partition coefficient (Wildman–Crippen LogP) is 2.80. The molecule has 0 amide bonds. The highest BCUT2D eigenvalue weighted by Crippen LogP contribution is 2.24. The van der Waals surface area contributed by atoms with Crippen molar-refractivity contribution in [1.29, 1.82) is 0 Å². The first-order valence-electron chi connectivity index (χ1n) is 7.06. The van der Waals surface area contributed by atoms with Crippen LogP contribution in [0.3, 0.4) is 0 Å². The van der Waals surface area contributed by atoms with Gasteiger partial charge in [-0.05, 0) is 25.0 Å². The van der Waals surface area contributed by atoms with Crippen LogP contribution in [-0.4, -0.2) is 28.8 Å². The number of fused-ring (bicyclic) bond motifs is 1. The predicted molar refractivity (Wildman–Crippen MR) is 77.3 cm³/mol. The summed E-state index contributed by atoms with van der Waals surface area (Å²) >= 11 is 0. The van der Waals surface area contributed by atoms with Crippen LogP contribution in [-0.2, 0) is 11.8 Å². The summed E-state index contributed by atoms with van der Waals surface area (Å²) in [6.45, 7) is 4.03. The Kier molecular flexibility index (Phi) is 3.42. The minimum atomic E-state index is 0.405. The lowest BCUT2D eigenvalue weighted by atomic mass is 10.00. The van der Waals surface area contributed by atoms with E-state index in [1.165, 1.54) is 5.52 Å². The number of nitrogens with zero attached hydrogens (tertiary/aromatic N) is 2. The van der Waals surface area contributed by atoms with Crippen molar-refractivity contribution < 1.29 is 4.74 Å². The molecule has 1 aromatic carbocycles. The Bertz CT molecular complexity index is 564. The van der Waals surface area contributed by atoms with E-state index in [-0.39, 0.29) is 0 Å². The third-order valence-corrected chi connectivity index (χ3v) is 4.06. The number of hydrogen-bond acceptors (Lipinski definition) is 3. The molecule has 4 heteroatoms. The molecule has 2 atom stereocenters. The largest absolute Gasteiger partial charge is 0.378 e. The average molecular weight is 259 g/mol. The number of ether oxygens (including phenoxy) is 1. The molecule has 0 aliphatic carbocycles. The molecule has 1 aliphatic heterocycles. The fraction of sp³-hybridized carbons (Fsp3) is 0.533. The lowest BCUT2D eigenvalue weighted by molar-refractivity contribution is 0.0899. The molecule has 0 radical (unpaired) electrons. The zero-order valence-corrected chi connectivity index (χ0v) is 11.6. The van der Waals surface area contributed by atoms with Gasteiger partial charge in [0.25, 0.3) is 0 Å². The maximum atomic E-state index is 5.73. The first kappa shape index (κ1) is 12.5. The molecular weight excluding hydrogens is 238 g/mol. The van der Waals surface area contributed by atoms with E-state index in [1.807, 2.05) is 18.2 Å². The van der Waals surface area contributed by atoms with Crippen molar-refractivity contribution >= 4 is 17.0 Å². The minimum absolute atomic E-state index is 0.405. The molecule has 1 fully saturated rings. The van der Waals surface area contributed by atoms with Gasteiger partial charge in [-0.3, -0.25) is 0 Å². The van der Waals surface area contributed by atoms with E-state index in [2.05, 4.69) is 34.9 Å². The fourth-order valence-electron chi connectivity index (χ4n) is 2.90. The first-order chi connectivity index (χ1) is 9.29. The summed E-state index contributed by atoms with van der Waals surface area (Å²) in [7, 11) is 2.06. The van der Waals surface area contributed by atoms with Crippen LogP contribution < -0.4 is 5.32 Å². The number of nitrogens with one attached hydrogen (secondary N) is 1. The summed E-state index contributed by atoms with van der Waals surface area (Å²) in [4.78, 5) is 4.64. The van der Waals surface area contributed by atoms with E-state index in [0.29, 0.717) is 12.0 Å². The highest BCUT2D eigenvalue weighted by atomic mass is 16.5. The number of anilines is 1. The zero-order chi connectivity index (χ0) is 13.2. The molecule has 0 saturated carbocycles. The number of hydrogen-bond donors (Lipinski definition) is 1. The Balaban J connectivity index is 1.73. The summed E-state index contributed by atoms with van der Waals surface area (Å²) < 4.78 is 7.84. The van der Waals surface area contributed by atoms with E-state index in [0.717, 1.165) is 37.5 Å². The number of aryl methyl sites for hydroxylation is 1. The van der Waals surface area contributed by atoms with Crippen molar-refractivity contribution in [2.45, 2.75) is 25.9 Å². The standard InChI is InChI=1S/C15H21N3O/c1-3-14-11(8-9-19-14)10-16-15-17-12-6-4-5-7-13(12)18(15)2/h4-7,11,14H,3,8-10H2,1-2H3,(H,16,17). The molecule has 2 heterocycles. The lowest BCUT2D eigenvalue weighted by Crippen LogP contribution is -2.23. The number of para-hydroxylation sites is 2. The normalized spacial score (nSPS) is 23.1. The van der Waals surface area contributed by atoms with Crippen molar-refractivity contribution in [3.8, 4) is 0 Å². The van der Waals surface area contributed by atoms with Gasteiger partial charge in [-0.15, -0.1) is 0 Å². The van der Waals surface area contributed by atoms with Gasteiger partial charge in [0.1, 0.15) is 0 Å². The van der Waals surface area contributed by atoms with Gasteiger partial charge in [-0.25, -0.2) is 4.98 Å². The van der Waals surface area contributed by atoms with Crippen LogP contribution in [0.25, 0.3) is 11.0 Å². The number of benzene rings is 1. The molecule has 1 aromatic heterocycles. The summed E-state index contributed by atoms with van der Waals surface area (Å²) in [5.74, 6) is 1.55. The summed E-state index contributed by atoms with van der Waals surface area (Å²) in [5, 5.41) is 3.48. The Morgan fingerprint density at radius 3 is 3.05 bits per heavy atom. The maximum absolute atomic E-state index is 5.73. The van der Waals surface area contributed by atoms with Crippen molar-refractivity contribution in [2.24, 2.45) is 13.0 Å². The van der Waals surface area contributed by atoms with E-state index < -0.39 is 0 Å². The molecule has 2 unspecified atom stereocenters. The van der Waals surface area contributed by atoms with Crippen molar-refractivity contribution in [3.05, 3.63) is 24.3 Å². The van der Waals surface area contributed by atoms with E-state index in [4.69, 9.17) is 4.74 Å². The van der Waals surface area contributed by atoms with E-state index in [1.54, 1.807) is 0 Å². The molecule has 0 spiro atoms. The molecule has 1 N–H and O–H groups in total. The van der Waals surface area contributed by atoms with Gasteiger partial charge < -0.3 is 14.6 Å². The number of rotatable bonds is 4. The SMILES string of the molecule is CCC1OCCC1CNc1nc2ccccc2n1C. The van der Waals surface area contributed by atoms with E-state index >= 15 is 0 Å². The molecule has 2 aromatic rings. The van der Waals surface area contributed by atoms with Crippen molar-refractivity contribution in [2.75, 3.05) is 18.5 Å². The van der Waals surface area contributed by atoms with Crippen LogP contribution in [0.15, 0.2) is 24.3 Å². The first-order valence-corrected chi connectivity index (χ1v) is 7.06. The van der Waals surface area contributed by atoms with Crippen LogP contribution >= 0.6 is 0 Å². The van der Waals surface area contributed by atoms with Gasteiger partial charge in [0.05, 0.1) is 17.1 Å². The highest BCUT2D eigenvalue weighted by Gasteiger charge is 2.26.